The number of carbonyl (C=O) groups excluding carboxylic acids is 2. The van der Waals surface area contributed by atoms with E-state index in [4.69, 9.17) is 5.11 Å². The van der Waals surface area contributed by atoms with Gasteiger partial charge in [-0.2, -0.15) is 11.3 Å². The first-order chi connectivity index (χ1) is 10.0. The molecule has 7 heteroatoms. The van der Waals surface area contributed by atoms with E-state index in [9.17, 15) is 14.4 Å². The molecule has 2 amide bonds. The van der Waals surface area contributed by atoms with E-state index in [2.05, 4.69) is 0 Å². The van der Waals surface area contributed by atoms with Crippen molar-refractivity contribution in [3.05, 3.63) is 22.4 Å². The molecule has 0 aromatic carbocycles. The van der Waals surface area contributed by atoms with Crippen LogP contribution in [0, 0.1) is 5.41 Å². The fourth-order valence-electron chi connectivity index (χ4n) is 2.63. The molecule has 0 atom stereocenters. The Morgan fingerprint density at radius 2 is 1.71 bits per heavy atom. The van der Waals surface area contributed by atoms with E-state index in [0.29, 0.717) is 44.6 Å². The van der Waals surface area contributed by atoms with Gasteiger partial charge in [0.1, 0.15) is 5.41 Å². The molecule has 1 aliphatic heterocycles. The van der Waals surface area contributed by atoms with E-state index >= 15 is 0 Å². The molecule has 1 aromatic heterocycles. The van der Waals surface area contributed by atoms with E-state index in [1.807, 2.05) is 10.8 Å². The van der Waals surface area contributed by atoms with Gasteiger partial charge in [0.05, 0.1) is 5.56 Å². The SMILES string of the molecule is O=C(c1ccsc1)N1CCN(C(=O)C2(C(=O)O)CC2)CC1. The number of aliphatic carboxylic acids is 1. The highest BCUT2D eigenvalue weighted by molar-refractivity contribution is 7.08. The number of hydrogen-bond donors (Lipinski definition) is 1. The Kier molecular flexibility index (Phi) is 3.44. The van der Waals surface area contributed by atoms with Crippen molar-refractivity contribution in [2.75, 3.05) is 26.2 Å². The highest BCUT2D eigenvalue weighted by Crippen LogP contribution is 2.47. The third-order valence-corrected chi connectivity index (χ3v) is 4.87. The summed E-state index contributed by atoms with van der Waals surface area (Å²) in [5.41, 5.74) is -0.511. The topological polar surface area (TPSA) is 77.9 Å². The number of carboxylic acids is 1. The molecule has 2 heterocycles. The third kappa shape index (κ3) is 2.42. The lowest BCUT2D eigenvalue weighted by molar-refractivity contribution is -0.154. The van der Waals surface area contributed by atoms with E-state index in [0.717, 1.165) is 0 Å². The second kappa shape index (κ2) is 5.14. The van der Waals surface area contributed by atoms with Crippen LogP contribution in [-0.2, 0) is 9.59 Å². The van der Waals surface area contributed by atoms with Crippen LogP contribution in [0.1, 0.15) is 23.2 Å². The molecule has 3 rings (SSSR count). The van der Waals surface area contributed by atoms with Gasteiger partial charge in [-0.1, -0.05) is 0 Å². The summed E-state index contributed by atoms with van der Waals surface area (Å²) in [7, 11) is 0. The quantitative estimate of drug-likeness (QED) is 0.842. The molecule has 112 valence electrons. The van der Waals surface area contributed by atoms with Gasteiger partial charge in [0.2, 0.25) is 5.91 Å². The molecule has 2 fully saturated rings. The Balaban J connectivity index is 1.60. The highest BCUT2D eigenvalue weighted by Gasteiger charge is 2.58. The van der Waals surface area contributed by atoms with Gasteiger partial charge < -0.3 is 14.9 Å². The third-order valence-electron chi connectivity index (χ3n) is 4.19. The summed E-state index contributed by atoms with van der Waals surface area (Å²) in [4.78, 5) is 38.9. The Labute approximate surface area is 126 Å². The highest BCUT2D eigenvalue weighted by atomic mass is 32.1. The number of piperazine rings is 1. The molecular formula is C14H16N2O4S. The second-order valence-corrected chi connectivity index (χ2v) is 6.26. The number of thiophene rings is 1. The molecule has 21 heavy (non-hydrogen) atoms. The Morgan fingerprint density at radius 1 is 1.10 bits per heavy atom. The van der Waals surface area contributed by atoms with Crippen molar-refractivity contribution in [3.8, 4) is 0 Å². The zero-order valence-corrected chi connectivity index (χ0v) is 12.3. The first-order valence-corrected chi connectivity index (χ1v) is 7.83. The molecule has 0 radical (unpaired) electrons. The van der Waals surface area contributed by atoms with E-state index in [-0.39, 0.29) is 11.8 Å². The van der Waals surface area contributed by atoms with Crippen LogP contribution in [-0.4, -0.2) is 58.9 Å². The van der Waals surface area contributed by atoms with Gasteiger partial charge in [-0.25, -0.2) is 0 Å². The van der Waals surface area contributed by atoms with Crippen LogP contribution in [0.15, 0.2) is 16.8 Å². The Hall–Kier alpha value is -1.89. The molecule has 0 unspecified atom stereocenters. The smallest absolute Gasteiger partial charge is 0.319 e. The molecule has 1 N–H and O–H groups in total. The van der Waals surface area contributed by atoms with Crippen molar-refractivity contribution in [3.63, 3.8) is 0 Å². The summed E-state index contributed by atoms with van der Waals surface area (Å²) >= 11 is 1.47. The zero-order chi connectivity index (χ0) is 15.0. The number of amides is 2. The van der Waals surface area contributed by atoms with Gasteiger partial charge in [-0.3, -0.25) is 14.4 Å². The van der Waals surface area contributed by atoms with Crippen LogP contribution >= 0.6 is 11.3 Å². The summed E-state index contributed by atoms with van der Waals surface area (Å²) in [5.74, 6) is -1.34. The lowest BCUT2D eigenvalue weighted by Gasteiger charge is -2.35. The van der Waals surface area contributed by atoms with Crippen LogP contribution in [0.2, 0.25) is 0 Å². The van der Waals surface area contributed by atoms with Crippen LogP contribution in [0.25, 0.3) is 0 Å². The molecule has 1 aliphatic carbocycles. The molecule has 0 spiro atoms. The van der Waals surface area contributed by atoms with Crippen LogP contribution in [0.4, 0.5) is 0 Å². The lowest BCUT2D eigenvalue weighted by Crippen LogP contribution is -2.53. The predicted octanol–water partition coefficient (Wildman–Crippen LogP) is 0.897. The van der Waals surface area contributed by atoms with Gasteiger partial charge in [0.15, 0.2) is 0 Å². The maximum Gasteiger partial charge on any atom is 0.319 e. The second-order valence-electron chi connectivity index (χ2n) is 5.48. The van der Waals surface area contributed by atoms with Crippen molar-refractivity contribution < 1.29 is 19.5 Å². The van der Waals surface area contributed by atoms with Crippen molar-refractivity contribution >= 4 is 29.1 Å². The Bertz CT molecular complexity index is 572. The minimum absolute atomic E-state index is 0.0253. The van der Waals surface area contributed by atoms with Crippen molar-refractivity contribution in [2.45, 2.75) is 12.8 Å². The standard InChI is InChI=1S/C14H16N2O4S/c17-11(10-1-8-21-9-10)15-4-6-16(7-5-15)12(18)14(2-3-14)13(19)20/h1,8-9H,2-7H2,(H,19,20). The fourth-order valence-corrected chi connectivity index (χ4v) is 3.26. The predicted molar refractivity (Wildman–Crippen MR) is 76.1 cm³/mol. The largest absolute Gasteiger partial charge is 0.480 e. The summed E-state index contributed by atoms with van der Waals surface area (Å²) in [5, 5.41) is 12.8. The van der Waals surface area contributed by atoms with Crippen molar-refractivity contribution in [2.24, 2.45) is 5.41 Å². The maximum atomic E-state index is 12.3. The molecular weight excluding hydrogens is 292 g/mol. The average Bonchev–Trinajstić information content (AvgIpc) is 3.14. The number of nitrogens with zero attached hydrogens (tertiary/aromatic N) is 2. The summed E-state index contributed by atoms with van der Waals surface area (Å²) in [6.45, 7) is 1.72. The van der Waals surface area contributed by atoms with E-state index in [1.54, 1.807) is 15.9 Å². The minimum Gasteiger partial charge on any atom is -0.480 e. The van der Waals surface area contributed by atoms with Crippen LogP contribution in [0.3, 0.4) is 0 Å². The van der Waals surface area contributed by atoms with Crippen molar-refractivity contribution in [1.82, 2.24) is 9.80 Å². The van der Waals surface area contributed by atoms with Gasteiger partial charge in [0, 0.05) is 31.6 Å². The van der Waals surface area contributed by atoms with Crippen molar-refractivity contribution in [1.29, 1.82) is 0 Å². The van der Waals surface area contributed by atoms with Gasteiger partial charge in [-0.15, -0.1) is 0 Å². The fraction of sp³-hybridized carbons (Fsp3) is 0.500. The molecule has 1 saturated carbocycles. The number of hydrogen-bond acceptors (Lipinski definition) is 4. The molecule has 1 saturated heterocycles. The molecule has 2 aliphatic rings. The maximum absolute atomic E-state index is 12.3. The minimum atomic E-state index is -1.18. The van der Waals surface area contributed by atoms with Crippen LogP contribution < -0.4 is 0 Å². The number of carboxylic acid groups (broad SMARTS) is 1. The summed E-state index contributed by atoms with van der Waals surface area (Å²) in [6.07, 6.45) is 0.852. The normalized spacial score (nSPS) is 20.2. The number of rotatable bonds is 3. The lowest BCUT2D eigenvalue weighted by atomic mass is 10.1. The van der Waals surface area contributed by atoms with Gasteiger partial charge in [-0.05, 0) is 24.3 Å². The summed E-state index contributed by atoms with van der Waals surface area (Å²) < 4.78 is 0. The van der Waals surface area contributed by atoms with Gasteiger partial charge in [0.25, 0.3) is 5.91 Å². The van der Waals surface area contributed by atoms with E-state index in [1.165, 1.54) is 11.3 Å². The van der Waals surface area contributed by atoms with Gasteiger partial charge >= 0.3 is 5.97 Å². The Morgan fingerprint density at radius 3 is 2.19 bits per heavy atom. The first kappa shape index (κ1) is 14.1. The molecule has 1 aromatic rings. The number of carbonyl (C=O) groups is 3. The zero-order valence-electron chi connectivity index (χ0n) is 11.4. The van der Waals surface area contributed by atoms with Crippen LogP contribution in [0.5, 0.6) is 0 Å². The van der Waals surface area contributed by atoms with E-state index < -0.39 is 11.4 Å². The summed E-state index contributed by atoms with van der Waals surface area (Å²) in [6, 6.07) is 1.79. The monoisotopic (exact) mass is 308 g/mol. The molecule has 0 bridgehead atoms. The molecule has 6 nitrogen and oxygen atoms in total. The average molecular weight is 308 g/mol. The first-order valence-electron chi connectivity index (χ1n) is 6.89.